The van der Waals surface area contributed by atoms with Gasteiger partial charge in [0.15, 0.2) is 5.78 Å². The summed E-state index contributed by atoms with van der Waals surface area (Å²) in [5.41, 5.74) is 0. The SMILES string of the molecule is C=CC(=O)C1CCCCC1Cl. The third-order valence-corrected chi connectivity index (χ3v) is 2.77. The number of hydrogen-bond acceptors (Lipinski definition) is 1. The molecule has 0 bridgehead atoms. The minimum atomic E-state index is 0.0444. The first kappa shape index (κ1) is 8.79. The summed E-state index contributed by atoms with van der Waals surface area (Å²) in [6, 6.07) is 0. The molecule has 0 aromatic heterocycles. The minimum absolute atomic E-state index is 0.0444. The maximum atomic E-state index is 11.2. The summed E-state index contributed by atoms with van der Waals surface area (Å²) in [7, 11) is 0. The Morgan fingerprint density at radius 3 is 2.64 bits per heavy atom. The summed E-state index contributed by atoms with van der Waals surface area (Å²) < 4.78 is 0. The number of carbonyl (C=O) groups excluding carboxylic acids is 1. The lowest BCUT2D eigenvalue weighted by Gasteiger charge is -2.24. The Bertz CT molecular complexity index is 165. The van der Waals surface area contributed by atoms with Gasteiger partial charge in [-0.2, -0.15) is 0 Å². The normalized spacial score (nSPS) is 31.4. The molecule has 2 unspecified atom stereocenters. The van der Waals surface area contributed by atoms with Gasteiger partial charge in [0.05, 0.1) is 0 Å². The molecule has 0 saturated heterocycles. The third-order valence-electron chi connectivity index (χ3n) is 2.25. The van der Waals surface area contributed by atoms with Crippen LogP contribution in [0.4, 0.5) is 0 Å². The lowest BCUT2D eigenvalue weighted by Crippen LogP contribution is -2.26. The number of hydrogen-bond donors (Lipinski definition) is 0. The molecule has 62 valence electrons. The molecule has 1 rings (SSSR count). The predicted octanol–water partition coefficient (Wildman–Crippen LogP) is 2.54. The number of rotatable bonds is 2. The number of halogens is 1. The van der Waals surface area contributed by atoms with Crippen molar-refractivity contribution in [2.75, 3.05) is 0 Å². The fourth-order valence-corrected chi connectivity index (χ4v) is 1.96. The minimum Gasteiger partial charge on any atom is -0.295 e. The number of allylic oxidation sites excluding steroid dienone is 1. The Hall–Kier alpha value is -0.300. The van der Waals surface area contributed by atoms with Crippen LogP contribution in [0.1, 0.15) is 25.7 Å². The van der Waals surface area contributed by atoms with Crippen LogP contribution in [-0.2, 0) is 4.79 Å². The quantitative estimate of drug-likeness (QED) is 0.462. The highest BCUT2D eigenvalue weighted by molar-refractivity contribution is 6.22. The average Bonchev–Trinajstić information content (AvgIpc) is 2.04. The molecule has 0 amide bonds. The van der Waals surface area contributed by atoms with Crippen molar-refractivity contribution >= 4 is 17.4 Å². The van der Waals surface area contributed by atoms with Crippen LogP contribution >= 0.6 is 11.6 Å². The van der Waals surface area contributed by atoms with Gasteiger partial charge < -0.3 is 0 Å². The first-order valence-electron chi connectivity index (χ1n) is 4.06. The van der Waals surface area contributed by atoms with E-state index in [1.165, 1.54) is 6.08 Å². The molecular weight excluding hydrogens is 160 g/mol. The third kappa shape index (κ3) is 2.06. The highest BCUT2D eigenvalue weighted by Crippen LogP contribution is 2.29. The monoisotopic (exact) mass is 172 g/mol. The van der Waals surface area contributed by atoms with Crippen LogP contribution in [-0.4, -0.2) is 11.2 Å². The first-order valence-corrected chi connectivity index (χ1v) is 4.49. The maximum absolute atomic E-state index is 11.2. The summed E-state index contributed by atoms with van der Waals surface area (Å²) in [6.07, 6.45) is 5.61. The van der Waals surface area contributed by atoms with E-state index in [4.69, 9.17) is 11.6 Å². The van der Waals surface area contributed by atoms with E-state index in [0.717, 1.165) is 25.7 Å². The zero-order valence-electron chi connectivity index (χ0n) is 6.55. The summed E-state index contributed by atoms with van der Waals surface area (Å²) in [6.45, 7) is 3.46. The highest BCUT2D eigenvalue weighted by Gasteiger charge is 2.27. The van der Waals surface area contributed by atoms with Crippen LogP contribution in [0.2, 0.25) is 0 Å². The van der Waals surface area contributed by atoms with Crippen LogP contribution in [0.5, 0.6) is 0 Å². The van der Waals surface area contributed by atoms with Crippen molar-refractivity contribution < 1.29 is 4.79 Å². The number of ketones is 1. The maximum Gasteiger partial charge on any atom is 0.159 e. The van der Waals surface area contributed by atoms with Crippen LogP contribution < -0.4 is 0 Å². The van der Waals surface area contributed by atoms with Crippen molar-refractivity contribution in [2.24, 2.45) is 5.92 Å². The number of carbonyl (C=O) groups is 1. The Morgan fingerprint density at radius 1 is 1.45 bits per heavy atom. The van der Waals surface area contributed by atoms with Crippen molar-refractivity contribution in [3.05, 3.63) is 12.7 Å². The van der Waals surface area contributed by atoms with E-state index in [2.05, 4.69) is 6.58 Å². The smallest absolute Gasteiger partial charge is 0.159 e. The molecule has 0 N–H and O–H groups in total. The molecule has 0 aromatic carbocycles. The van der Waals surface area contributed by atoms with Gasteiger partial charge >= 0.3 is 0 Å². The molecule has 11 heavy (non-hydrogen) atoms. The van der Waals surface area contributed by atoms with Crippen LogP contribution in [0.25, 0.3) is 0 Å². The van der Waals surface area contributed by atoms with Gasteiger partial charge in [-0.25, -0.2) is 0 Å². The van der Waals surface area contributed by atoms with Gasteiger partial charge in [0, 0.05) is 11.3 Å². The highest BCUT2D eigenvalue weighted by atomic mass is 35.5. The molecule has 1 saturated carbocycles. The van der Waals surface area contributed by atoms with Crippen molar-refractivity contribution in [3.63, 3.8) is 0 Å². The molecule has 1 aliphatic carbocycles. The average molecular weight is 173 g/mol. The van der Waals surface area contributed by atoms with Crippen molar-refractivity contribution in [3.8, 4) is 0 Å². The Morgan fingerprint density at radius 2 is 2.09 bits per heavy atom. The summed E-state index contributed by atoms with van der Waals surface area (Å²) in [4.78, 5) is 11.2. The molecule has 1 aliphatic rings. The van der Waals surface area contributed by atoms with Crippen LogP contribution in [0.3, 0.4) is 0 Å². The van der Waals surface area contributed by atoms with Crippen molar-refractivity contribution in [2.45, 2.75) is 31.1 Å². The lowest BCUT2D eigenvalue weighted by atomic mass is 9.86. The fourth-order valence-electron chi connectivity index (χ4n) is 1.56. The molecular formula is C9H13ClO. The molecule has 1 nitrogen and oxygen atoms in total. The lowest BCUT2D eigenvalue weighted by molar-refractivity contribution is -0.118. The Labute approximate surface area is 72.4 Å². The Kier molecular flexibility index (Phi) is 3.13. The molecule has 2 atom stereocenters. The molecule has 0 aromatic rings. The molecule has 0 heterocycles. The zero-order valence-corrected chi connectivity index (χ0v) is 7.31. The van der Waals surface area contributed by atoms with E-state index >= 15 is 0 Å². The van der Waals surface area contributed by atoms with E-state index < -0.39 is 0 Å². The van der Waals surface area contributed by atoms with Gasteiger partial charge in [0.1, 0.15) is 0 Å². The zero-order chi connectivity index (χ0) is 8.27. The second-order valence-corrected chi connectivity index (χ2v) is 3.57. The van der Waals surface area contributed by atoms with Gasteiger partial charge in [-0.3, -0.25) is 4.79 Å². The van der Waals surface area contributed by atoms with E-state index in [-0.39, 0.29) is 17.1 Å². The van der Waals surface area contributed by atoms with Gasteiger partial charge in [-0.15, -0.1) is 11.6 Å². The number of alkyl halides is 1. The first-order chi connectivity index (χ1) is 5.25. The summed E-state index contributed by atoms with van der Waals surface area (Å²) in [5.74, 6) is 0.160. The van der Waals surface area contributed by atoms with Crippen LogP contribution in [0, 0.1) is 5.92 Å². The van der Waals surface area contributed by atoms with E-state index in [1.807, 2.05) is 0 Å². The van der Waals surface area contributed by atoms with Gasteiger partial charge in [0.2, 0.25) is 0 Å². The largest absolute Gasteiger partial charge is 0.295 e. The van der Waals surface area contributed by atoms with Gasteiger partial charge in [-0.1, -0.05) is 19.4 Å². The standard InChI is InChI=1S/C9H13ClO/c1-2-9(11)7-5-3-4-6-8(7)10/h2,7-8H,1,3-6H2. The second kappa shape index (κ2) is 3.91. The van der Waals surface area contributed by atoms with Gasteiger partial charge in [0.25, 0.3) is 0 Å². The summed E-state index contributed by atoms with van der Waals surface area (Å²) >= 11 is 5.99. The fraction of sp³-hybridized carbons (Fsp3) is 0.667. The van der Waals surface area contributed by atoms with Crippen molar-refractivity contribution in [1.29, 1.82) is 0 Å². The van der Waals surface area contributed by atoms with Gasteiger partial charge in [-0.05, 0) is 18.9 Å². The predicted molar refractivity (Wildman–Crippen MR) is 46.8 cm³/mol. The topological polar surface area (TPSA) is 17.1 Å². The second-order valence-electron chi connectivity index (χ2n) is 3.01. The Balaban J connectivity index is 2.53. The van der Waals surface area contributed by atoms with Crippen LogP contribution in [0.15, 0.2) is 12.7 Å². The molecule has 0 radical (unpaired) electrons. The molecule has 0 aliphatic heterocycles. The summed E-state index contributed by atoms with van der Waals surface area (Å²) in [5, 5.41) is 0.0502. The van der Waals surface area contributed by atoms with E-state index in [9.17, 15) is 4.79 Å². The molecule has 2 heteroatoms. The van der Waals surface area contributed by atoms with E-state index in [0.29, 0.717) is 0 Å². The molecule has 0 spiro atoms. The van der Waals surface area contributed by atoms with Crippen molar-refractivity contribution in [1.82, 2.24) is 0 Å². The van der Waals surface area contributed by atoms with E-state index in [1.54, 1.807) is 0 Å². The molecule has 1 fully saturated rings.